The van der Waals surface area contributed by atoms with Crippen LogP contribution in [0.3, 0.4) is 0 Å². The minimum atomic E-state index is 0.396. The van der Waals surface area contributed by atoms with E-state index < -0.39 is 0 Å². The largest absolute Gasteiger partial charge is 0.383 e. The molecule has 0 saturated heterocycles. The van der Waals surface area contributed by atoms with Crippen LogP contribution in [0.2, 0.25) is 0 Å². The van der Waals surface area contributed by atoms with Crippen molar-refractivity contribution in [2.45, 2.75) is 42.4 Å². The van der Waals surface area contributed by atoms with Gasteiger partial charge in [-0.1, -0.05) is 12.1 Å². The summed E-state index contributed by atoms with van der Waals surface area (Å²) in [6.45, 7) is 3.02. The monoisotopic (exact) mass is 301 g/mol. The second kappa shape index (κ2) is 5.91. The molecule has 21 heavy (non-hydrogen) atoms. The lowest BCUT2D eigenvalue weighted by molar-refractivity contribution is 0.687. The Bertz CT molecular complexity index is 634. The highest BCUT2D eigenvalue weighted by Crippen LogP contribution is 2.29. The fraction of sp³-hybridized carbons (Fsp3) is 0.333. The molecular formula is C15H19N5S. The summed E-state index contributed by atoms with van der Waals surface area (Å²) in [5, 5.41) is 4.10. The van der Waals surface area contributed by atoms with Crippen LogP contribution in [0.25, 0.3) is 0 Å². The number of aryl methyl sites for hydroxylation is 1. The van der Waals surface area contributed by atoms with Crippen LogP contribution in [-0.2, 0) is 6.54 Å². The van der Waals surface area contributed by atoms with Crippen LogP contribution in [0, 0.1) is 6.92 Å². The summed E-state index contributed by atoms with van der Waals surface area (Å²) in [7, 11) is 0. The van der Waals surface area contributed by atoms with E-state index in [1.807, 2.05) is 0 Å². The maximum Gasteiger partial charge on any atom is 0.196 e. The second-order valence-electron chi connectivity index (χ2n) is 5.36. The van der Waals surface area contributed by atoms with Crippen LogP contribution in [0.15, 0.2) is 34.3 Å². The Morgan fingerprint density at radius 3 is 2.52 bits per heavy atom. The van der Waals surface area contributed by atoms with Crippen molar-refractivity contribution < 1.29 is 0 Å². The molecular weight excluding hydrogens is 282 g/mol. The molecule has 3 rings (SSSR count). The first-order chi connectivity index (χ1) is 10.1. The molecule has 1 aromatic heterocycles. The Morgan fingerprint density at radius 2 is 1.90 bits per heavy atom. The molecule has 1 aliphatic rings. The average molecular weight is 301 g/mol. The Kier molecular flexibility index (Phi) is 3.98. The van der Waals surface area contributed by atoms with E-state index in [9.17, 15) is 0 Å². The Hall–Kier alpha value is -1.79. The summed E-state index contributed by atoms with van der Waals surface area (Å²) < 4.78 is 0. The first kappa shape index (κ1) is 14.2. The van der Waals surface area contributed by atoms with E-state index in [-0.39, 0.29) is 0 Å². The highest BCUT2D eigenvalue weighted by Gasteiger charge is 2.19. The van der Waals surface area contributed by atoms with Crippen LogP contribution >= 0.6 is 11.8 Å². The minimum Gasteiger partial charge on any atom is -0.383 e. The summed E-state index contributed by atoms with van der Waals surface area (Å²) in [5.41, 5.74) is 13.9. The molecule has 6 heteroatoms. The van der Waals surface area contributed by atoms with Gasteiger partial charge in [0, 0.05) is 23.5 Å². The topological polar surface area (TPSA) is 89.8 Å². The minimum absolute atomic E-state index is 0.396. The van der Waals surface area contributed by atoms with Crippen LogP contribution in [0.4, 0.5) is 11.6 Å². The lowest BCUT2D eigenvalue weighted by Gasteiger charge is -2.09. The van der Waals surface area contributed by atoms with E-state index in [0.29, 0.717) is 16.8 Å². The zero-order valence-corrected chi connectivity index (χ0v) is 12.8. The standard InChI is InChI=1S/C15H19N5S/c1-9-6-10(8-18-11-3-4-11)2-5-12(9)21-15-19-13(16)7-14(17)20-15/h2,5-7,11,18H,3-4,8H2,1H3,(H4,16,17,19,20). The van der Waals surface area contributed by atoms with Crippen LogP contribution < -0.4 is 16.8 Å². The van der Waals surface area contributed by atoms with Crippen molar-refractivity contribution in [3.05, 3.63) is 35.4 Å². The lowest BCUT2D eigenvalue weighted by Crippen LogP contribution is -2.15. The zero-order chi connectivity index (χ0) is 14.8. The maximum absolute atomic E-state index is 5.70. The number of benzene rings is 1. The van der Waals surface area contributed by atoms with Gasteiger partial charge in [-0.2, -0.15) is 0 Å². The van der Waals surface area contributed by atoms with Gasteiger partial charge in [0.2, 0.25) is 0 Å². The van der Waals surface area contributed by atoms with E-state index in [0.717, 1.165) is 17.5 Å². The number of hydrogen-bond donors (Lipinski definition) is 3. The van der Waals surface area contributed by atoms with Gasteiger partial charge in [-0.25, -0.2) is 9.97 Å². The second-order valence-corrected chi connectivity index (χ2v) is 6.37. The van der Waals surface area contributed by atoms with Crippen molar-refractivity contribution >= 4 is 23.4 Å². The summed E-state index contributed by atoms with van der Waals surface area (Å²) in [6, 6.07) is 8.73. The molecule has 0 bridgehead atoms. The van der Waals surface area contributed by atoms with Gasteiger partial charge in [-0.15, -0.1) is 0 Å². The third kappa shape index (κ3) is 3.86. The first-order valence-corrected chi connectivity index (χ1v) is 7.82. The number of nitrogen functional groups attached to an aromatic ring is 2. The van der Waals surface area contributed by atoms with Crippen molar-refractivity contribution in [3.8, 4) is 0 Å². The van der Waals surface area contributed by atoms with Gasteiger partial charge >= 0.3 is 0 Å². The molecule has 0 radical (unpaired) electrons. The van der Waals surface area contributed by atoms with Gasteiger partial charge in [-0.3, -0.25) is 0 Å². The Balaban J connectivity index is 1.72. The van der Waals surface area contributed by atoms with E-state index in [1.165, 1.54) is 35.7 Å². The van der Waals surface area contributed by atoms with E-state index in [1.54, 1.807) is 6.07 Å². The average Bonchev–Trinajstić information content (AvgIpc) is 3.22. The van der Waals surface area contributed by atoms with Crippen molar-refractivity contribution in [3.63, 3.8) is 0 Å². The number of hydrogen-bond acceptors (Lipinski definition) is 6. The molecule has 0 spiro atoms. The number of aromatic nitrogens is 2. The fourth-order valence-corrected chi connectivity index (χ4v) is 2.95. The molecule has 0 aliphatic heterocycles. The molecule has 1 saturated carbocycles. The van der Waals surface area contributed by atoms with Gasteiger partial charge in [0.25, 0.3) is 0 Å². The van der Waals surface area contributed by atoms with Gasteiger partial charge in [0.15, 0.2) is 5.16 Å². The van der Waals surface area contributed by atoms with E-state index >= 15 is 0 Å². The first-order valence-electron chi connectivity index (χ1n) is 7.01. The summed E-state index contributed by atoms with van der Waals surface area (Å²) in [6.07, 6.45) is 2.61. The molecule has 0 unspecified atom stereocenters. The third-order valence-electron chi connectivity index (χ3n) is 3.36. The predicted octanol–water partition coefficient (Wildman–Crippen LogP) is 2.35. The molecule has 1 aromatic carbocycles. The van der Waals surface area contributed by atoms with Gasteiger partial charge in [0.1, 0.15) is 11.6 Å². The lowest BCUT2D eigenvalue weighted by atomic mass is 10.1. The highest BCUT2D eigenvalue weighted by molar-refractivity contribution is 7.99. The Morgan fingerprint density at radius 1 is 1.19 bits per heavy atom. The van der Waals surface area contributed by atoms with Gasteiger partial charge < -0.3 is 16.8 Å². The molecule has 2 aromatic rings. The SMILES string of the molecule is Cc1cc(CNC2CC2)ccc1Sc1nc(N)cc(N)n1. The normalized spacial score (nSPS) is 14.3. The highest BCUT2D eigenvalue weighted by atomic mass is 32.2. The number of nitrogens with zero attached hydrogens (tertiary/aromatic N) is 2. The number of nitrogens with one attached hydrogen (secondary N) is 1. The van der Waals surface area contributed by atoms with E-state index in [4.69, 9.17) is 11.5 Å². The molecule has 0 amide bonds. The Labute approximate surface area is 128 Å². The van der Waals surface area contributed by atoms with Crippen LogP contribution in [0.1, 0.15) is 24.0 Å². The summed E-state index contributed by atoms with van der Waals surface area (Å²) in [5.74, 6) is 0.792. The van der Waals surface area contributed by atoms with Gasteiger partial charge in [0.05, 0.1) is 0 Å². The molecule has 110 valence electrons. The van der Waals surface area contributed by atoms with Crippen molar-refractivity contribution in [1.29, 1.82) is 0 Å². The molecule has 1 heterocycles. The summed E-state index contributed by atoms with van der Waals surface area (Å²) >= 11 is 1.49. The molecule has 1 aliphatic carbocycles. The smallest absolute Gasteiger partial charge is 0.196 e. The fourth-order valence-electron chi connectivity index (χ4n) is 2.09. The summed E-state index contributed by atoms with van der Waals surface area (Å²) in [4.78, 5) is 9.52. The maximum atomic E-state index is 5.70. The molecule has 0 atom stereocenters. The third-order valence-corrected chi connectivity index (χ3v) is 4.40. The number of anilines is 2. The number of rotatable bonds is 5. The van der Waals surface area contributed by atoms with Crippen LogP contribution in [0.5, 0.6) is 0 Å². The van der Waals surface area contributed by atoms with Crippen molar-refractivity contribution in [2.75, 3.05) is 11.5 Å². The van der Waals surface area contributed by atoms with Gasteiger partial charge in [-0.05, 0) is 48.7 Å². The molecule has 5 nitrogen and oxygen atoms in total. The zero-order valence-electron chi connectivity index (χ0n) is 12.0. The van der Waals surface area contributed by atoms with E-state index in [2.05, 4.69) is 40.4 Å². The van der Waals surface area contributed by atoms with Crippen molar-refractivity contribution in [2.24, 2.45) is 0 Å². The predicted molar refractivity (Wildman–Crippen MR) is 86.0 cm³/mol. The van der Waals surface area contributed by atoms with Crippen LogP contribution in [-0.4, -0.2) is 16.0 Å². The molecule has 1 fully saturated rings. The molecule has 5 N–H and O–H groups in total. The quantitative estimate of drug-likeness (QED) is 0.735. The number of nitrogens with two attached hydrogens (primary N) is 2. The van der Waals surface area contributed by atoms with Crippen molar-refractivity contribution in [1.82, 2.24) is 15.3 Å².